The number of nitriles is 1. The van der Waals surface area contributed by atoms with Crippen molar-refractivity contribution in [2.75, 3.05) is 0 Å². The Hall–Kier alpha value is -2.55. The average Bonchev–Trinajstić information content (AvgIpc) is 2.36. The van der Waals surface area contributed by atoms with Gasteiger partial charge in [0.05, 0.1) is 11.6 Å². The molecule has 20 heavy (non-hydrogen) atoms. The number of halogens is 4. The van der Waals surface area contributed by atoms with Gasteiger partial charge in [0.15, 0.2) is 0 Å². The van der Waals surface area contributed by atoms with E-state index in [9.17, 15) is 17.6 Å². The van der Waals surface area contributed by atoms with Gasteiger partial charge in [-0.25, -0.2) is 4.39 Å². The molecule has 2 aromatic carbocycles. The third kappa shape index (κ3) is 3.26. The van der Waals surface area contributed by atoms with Crippen LogP contribution in [0.4, 0.5) is 17.6 Å². The number of hydrogen-bond acceptors (Lipinski definition) is 2. The summed E-state index contributed by atoms with van der Waals surface area (Å²) in [5, 5.41) is 8.82. The fraction of sp³-hybridized carbons (Fsp3) is 0.0714. The Bertz CT molecular complexity index is 674. The van der Waals surface area contributed by atoms with E-state index in [0.29, 0.717) is 0 Å². The summed E-state index contributed by atoms with van der Waals surface area (Å²) >= 11 is 0. The van der Waals surface area contributed by atoms with Crippen LogP contribution < -0.4 is 4.74 Å². The van der Waals surface area contributed by atoms with E-state index in [1.807, 2.05) is 0 Å². The summed E-state index contributed by atoms with van der Waals surface area (Å²) in [7, 11) is 0. The van der Waals surface area contributed by atoms with Gasteiger partial charge in [-0.1, -0.05) is 18.2 Å². The number of ether oxygens (including phenoxy) is 1. The molecular weight excluding hydrogens is 274 g/mol. The molecule has 102 valence electrons. The van der Waals surface area contributed by atoms with Crippen molar-refractivity contribution in [2.24, 2.45) is 0 Å². The van der Waals surface area contributed by atoms with Gasteiger partial charge >= 0.3 is 6.36 Å². The maximum atomic E-state index is 13.6. The summed E-state index contributed by atoms with van der Waals surface area (Å²) in [4.78, 5) is 0. The van der Waals surface area contributed by atoms with Crippen LogP contribution in [0.2, 0.25) is 0 Å². The zero-order valence-corrected chi connectivity index (χ0v) is 9.91. The molecule has 0 saturated heterocycles. The van der Waals surface area contributed by atoms with Gasteiger partial charge in [-0.15, -0.1) is 13.2 Å². The lowest BCUT2D eigenvalue weighted by molar-refractivity contribution is -0.274. The molecule has 2 aromatic rings. The number of alkyl halides is 3. The highest BCUT2D eigenvalue weighted by molar-refractivity contribution is 5.67. The van der Waals surface area contributed by atoms with Crippen molar-refractivity contribution in [3.63, 3.8) is 0 Å². The summed E-state index contributed by atoms with van der Waals surface area (Å²) < 4.78 is 54.0. The zero-order chi connectivity index (χ0) is 14.8. The van der Waals surface area contributed by atoms with Crippen LogP contribution in [-0.4, -0.2) is 6.36 Å². The second kappa shape index (κ2) is 5.21. The molecule has 0 amide bonds. The van der Waals surface area contributed by atoms with E-state index >= 15 is 0 Å². The van der Waals surface area contributed by atoms with Crippen molar-refractivity contribution < 1.29 is 22.3 Å². The first kappa shape index (κ1) is 13.9. The largest absolute Gasteiger partial charge is 0.573 e. The second-order valence-corrected chi connectivity index (χ2v) is 3.89. The highest BCUT2D eigenvalue weighted by Gasteiger charge is 2.31. The van der Waals surface area contributed by atoms with E-state index in [1.165, 1.54) is 24.3 Å². The molecular formula is C14H7F4NO. The van der Waals surface area contributed by atoms with Gasteiger partial charge in [-0.2, -0.15) is 5.26 Å². The minimum atomic E-state index is -4.87. The van der Waals surface area contributed by atoms with Crippen molar-refractivity contribution in [3.8, 4) is 22.9 Å². The molecule has 0 heterocycles. The molecule has 0 bridgehead atoms. The third-order valence-corrected chi connectivity index (χ3v) is 2.45. The average molecular weight is 281 g/mol. The number of rotatable bonds is 2. The van der Waals surface area contributed by atoms with Crippen LogP contribution in [0.1, 0.15) is 5.56 Å². The fourth-order valence-corrected chi connectivity index (χ4v) is 1.71. The summed E-state index contributed by atoms with van der Waals surface area (Å²) in [6.07, 6.45) is -4.87. The molecule has 0 radical (unpaired) electrons. The predicted octanol–water partition coefficient (Wildman–Crippen LogP) is 4.26. The summed E-state index contributed by atoms with van der Waals surface area (Å²) in [5.74, 6) is -1.16. The smallest absolute Gasteiger partial charge is 0.406 e. The van der Waals surface area contributed by atoms with Crippen LogP contribution in [-0.2, 0) is 0 Å². The lowest BCUT2D eigenvalue weighted by Crippen LogP contribution is -2.17. The van der Waals surface area contributed by atoms with Gasteiger partial charge in [-0.05, 0) is 29.8 Å². The maximum absolute atomic E-state index is 13.6. The lowest BCUT2D eigenvalue weighted by atomic mass is 10.0. The van der Waals surface area contributed by atoms with Crippen molar-refractivity contribution in [1.82, 2.24) is 0 Å². The maximum Gasteiger partial charge on any atom is 0.573 e. The molecule has 0 aliphatic rings. The fourth-order valence-electron chi connectivity index (χ4n) is 1.71. The van der Waals surface area contributed by atoms with Gasteiger partial charge in [0.2, 0.25) is 0 Å². The molecule has 0 saturated carbocycles. The van der Waals surface area contributed by atoms with Crippen LogP contribution in [0.3, 0.4) is 0 Å². The standard InChI is InChI=1S/C14H7F4NO/c15-13-4-2-1-3-12(13)10-5-9(8-19)6-11(7-10)20-14(16,17)18/h1-7H. The van der Waals surface area contributed by atoms with Gasteiger partial charge in [0, 0.05) is 5.56 Å². The summed E-state index contributed by atoms with van der Waals surface area (Å²) in [5.41, 5.74) is 0.183. The Morgan fingerprint density at radius 2 is 1.75 bits per heavy atom. The quantitative estimate of drug-likeness (QED) is 0.770. The SMILES string of the molecule is N#Cc1cc(OC(F)(F)F)cc(-c2ccccc2F)c1. The van der Waals surface area contributed by atoms with E-state index in [0.717, 1.165) is 12.1 Å². The molecule has 0 aliphatic heterocycles. The van der Waals surface area contributed by atoms with Crippen molar-refractivity contribution >= 4 is 0 Å². The van der Waals surface area contributed by atoms with E-state index < -0.39 is 17.9 Å². The molecule has 0 unspecified atom stereocenters. The first-order valence-electron chi connectivity index (χ1n) is 5.45. The van der Waals surface area contributed by atoms with E-state index in [-0.39, 0.29) is 16.7 Å². The minimum absolute atomic E-state index is 0.0509. The third-order valence-electron chi connectivity index (χ3n) is 2.45. The molecule has 2 nitrogen and oxygen atoms in total. The first-order chi connectivity index (χ1) is 9.39. The van der Waals surface area contributed by atoms with E-state index in [4.69, 9.17) is 5.26 Å². The topological polar surface area (TPSA) is 33.0 Å². The Morgan fingerprint density at radius 3 is 2.35 bits per heavy atom. The Balaban J connectivity index is 2.52. The number of hydrogen-bond donors (Lipinski definition) is 0. The molecule has 0 spiro atoms. The van der Waals surface area contributed by atoms with Crippen LogP contribution >= 0.6 is 0 Å². The van der Waals surface area contributed by atoms with Crippen molar-refractivity contribution in [3.05, 3.63) is 53.8 Å². The highest BCUT2D eigenvalue weighted by Crippen LogP contribution is 2.30. The van der Waals surface area contributed by atoms with Gasteiger partial charge in [0.25, 0.3) is 0 Å². The monoisotopic (exact) mass is 281 g/mol. The van der Waals surface area contributed by atoms with Crippen LogP contribution in [0, 0.1) is 17.1 Å². The van der Waals surface area contributed by atoms with E-state index in [2.05, 4.69) is 4.74 Å². The van der Waals surface area contributed by atoms with Crippen LogP contribution in [0.25, 0.3) is 11.1 Å². The number of benzene rings is 2. The van der Waals surface area contributed by atoms with Crippen LogP contribution in [0.15, 0.2) is 42.5 Å². The van der Waals surface area contributed by atoms with Crippen molar-refractivity contribution in [1.29, 1.82) is 5.26 Å². The normalized spacial score (nSPS) is 10.9. The lowest BCUT2D eigenvalue weighted by Gasteiger charge is -2.11. The zero-order valence-electron chi connectivity index (χ0n) is 9.91. The molecule has 0 fully saturated rings. The Kier molecular flexibility index (Phi) is 3.61. The van der Waals surface area contributed by atoms with Crippen LogP contribution in [0.5, 0.6) is 5.75 Å². The van der Waals surface area contributed by atoms with Gasteiger partial charge in [-0.3, -0.25) is 0 Å². The first-order valence-corrected chi connectivity index (χ1v) is 5.45. The molecule has 0 aromatic heterocycles. The summed E-state index contributed by atoms with van der Waals surface area (Å²) in [6.45, 7) is 0. The van der Waals surface area contributed by atoms with E-state index in [1.54, 1.807) is 12.1 Å². The Morgan fingerprint density at radius 1 is 1.05 bits per heavy atom. The molecule has 2 rings (SSSR count). The highest BCUT2D eigenvalue weighted by atomic mass is 19.4. The second-order valence-electron chi connectivity index (χ2n) is 3.89. The van der Waals surface area contributed by atoms with Gasteiger partial charge in [0.1, 0.15) is 11.6 Å². The predicted molar refractivity (Wildman–Crippen MR) is 63.2 cm³/mol. The molecule has 0 N–H and O–H groups in total. The van der Waals surface area contributed by atoms with Gasteiger partial charge < -0.3 is 4.74 Å². The Labute approximate surface area is 111 Å². The minimum Gasteiger partial charge on any atom is -0.406 e. The van der Waals surface area contributed by atoms with Crippen molar-refractivity contribution in [2.45, 2.75) is 6.36 Å². The number of nitrogens with zero attached hydrogens (tertiary/aromatic N) is 1. The summed E-state index contributed by atoms with van der Waals surface area (Å²) in [6, 6.07) is 10.6. The molecule has 6 heteroatoms. The molecule has 0 atom stereocenters. The molecule has 0 aliphatic carbocycles.